The Bertz CT molecular complexity index is 804. The van der Waals surface area contributed by atoms with E-state index in [1.165, 1.54) is 0 Å². The Labute approximate surface area is 151 Å². The number of amides is 1. The Morgan fingerprint density at radius 2 is 1.88 bits per heavy atom. The first-order valence-electron chi connectivity index (χ1n) is 8.02. The van der Waals surface area contributed by atoms with Gasteiger partial charge in [0.25, 0.3) is 10.0 Å². The largest absolute Gasteiger partial charge is 0.301 e. The molecule has 2 aromatic rings. The minimum atomic E-state index is -3.83. The van der Waals surface area contributed by atoms with E-state index in [4.69, 9.17) is 0 Å². The quantitative estimate of drug-likeness (QED) is 0.684. The number of sulfonamides is 1. The number of carbonyl (C=O) groups excluding carboxylic acids is 1. The molecule has 0 saturated heterocycles. The van der Waals surface area contributed by atoms with Gasteiger partial charge in [0, 0.05) is 12.5 Å². The van der Waals surface area contributed by atoms with Crippen LogP contribution in [0.2, 0.25) is 0 Å². The molecule has 1 heterocycles. The number of carbonyl (C=O) groups is 1. The van der Waals surface area contributed by atoms with E-state index in [0.717, 1.165) is 16.9 Å². The van der Waals surface area contributed by atoms with E-state index in [0.29, 0.717) is 12.3 Å². The van der Waals surface area contributed by atoms with Crippen LogP contribution >= 0.6 is 11.3 Å². The van der Waals surface area contributed by atoms with Gasteiger partial charge in [0.05, 0.1) is 0 Å². The molecule has 0 aliphatic heterocycles. The van der Waals surface area contributed by atoms with Crippen LogP contribution in [0.15, 0.2) is 34.7 Å². The maximum atomic E-state index is 12.7. The minimum absolute atomic E-state index is 0.163. The summed E-state index contributed by atoms with van der Waals surface area (Å²) in [5.41, 5.74) is 0.892. The highest BCUT2D eigenvalue weighted by molar-refractivity contribution is 7.91. The van der Waals surface area contributed by atoms with Gasteiger partial charge in [0.2, 0.25) is 15.4 Å². The Balaban J connectivity index is 2.21. The third-order valence-corrected chi connectivity index (χ3v) is 6.09. The molecule has 2 N–H and O–H groups in total. The first-order valence-corrected chi connectivity index (χ1v) is 10.3. The van der Waals surface area contributed by atoms with Gasteiger partial charge in [0.15, 0.2) is 0 Å². The van der Waals surface area contributed by atoms with E-state index in [1.807, 2.05) is 44.2 Å². The Kier molecular flexibility index (Phi) is 6.63. The molecule has 0 bridgehead atoms. The Morgan fingerprint density at radius 1 is 1.20 bits per heavy atom. The summed E-state index contributed by atoms with van der Waals surface area (Å²) >= 11 is 0.835. The van der Waals surface area contributed by atoms with E-state index >= 15 is 0 Å². The van der Waals surface area contributed by atoms with Crippen molar-refractivity contribution in [3.8, 4) is 0 Å². The molecule has 2 rings (SSSR count). The first kappa shape index (κ1) is 19.5. The fourth-order valence-corrected chi connectivity index (χ4v) is 4.39. The molecular formula is C16H22N4O3S2. The van der Waals surface area contributed by atoms with Crippen molar-refractivity contribution in [2.45, 2.75) is 44.0 Å². The lowest BCUT2D eigenvalue weighted by Crippen LogP contribution is -2.29. The molecular weight excluding hydrogens is 360 g/mol. The molecule has 0 spiro atoms. The van der Waals surface area contributed by atoms with Crippen LogP contribution in [0.25, 0.3) is 0 Å². The lowest BCUT2D eigenvalue weighted by atomic mass is 9.98. The zero-order valence-corrected chi connectivity index (χ0v) is 16.0. The van der Waals surface area contributed by atoms with Gasteiger partial charge in [-0.1, -0.05) is 62.4 Å². The van der Waals surface area contributed by atoms with Crippen molar-refractivity contribution in [3.05, 3.63) is 35.9 Å². The SMILES string of the molecule is CCC(=O)Nc1nnc(S(=O)(=O)NC(CC(C)C)c2ccccc2)s1. The second kappa shape index (κ2) is 8.50. The zero-order valence-electron chi connectivity index (χ0n) is 14.4. The van der Waals surface area contributed by atoms with Gasteiger partial charge < -0.3 is 5.32 Å². The van der Waals surface area contributed by atoms with Crippen molar-refractivity contribution in [2.24, 2.45) is 5.92 Å². The van der Waals surface area contributed by atoms with Crippen molar-refractivity contribution < 1.29 is 13.2 Å². The standard InChI is InChI=1S/C16H22N4O3S2/c1-4-14(21)17-15-18-19-16(24-15)25(22,23)20-13(10-11(2)3)12-8-6-5-7-9-12/h5-9,11,13,20H,4,10H2,1-3H3,(H,17,18,21). The number of rotatable bonds is 8. The summed E-state index contributed by atoms with van der Waals surface area (Å²) in [6.45, 7) is 5.77. The summed E-state index contributed by atoms with van der Waals surface area (Å²) in [5.74, 6) is 0.0664. The molecule has 1 atom stereocenters. The average molecular weight is 383 g/mol. The molecule has 0 radical (unpaired) electrons. The van der Waals surface area contributed by atoms with E-state index < -0.39 is 10.0 Å². The number of hydrogen-bond acceptors (Lipinski definition) is 6. The minimum Gasteiger partial charge on any atom is -0.301 e. The highest BCUT2D eigenvalue weighted by Gasteiger charge is 2.26. The van der Waals surface area contributed by atoms with Crippen LogP contribution in [0, 0.1) is 5.92 Å². The van der Waals surface area contributed by atoms with Gasteiger partial charge in [-0.05, 0) is 17.9 Å². The molecule has 0 aliphatic carbocycles. The summed E-state index contributed by atoms with van der Waals surface area (Å²) < 4.78 is 27.8. The van der Waals surface area contributed by atoms with Crippen LogP contribution < -0.4 is 10.0 Å². The number of nitrogens with zero attached hydrogens (tertiary/aromatic N) is 2. The molecule has 7 nitrogen and oxygen atoms in total. The van der Waals surface area contributed by atoms with Crippen molar-refractivity contribution in [1.82, 2.24) is 14.9 Å². The highest BCUT2D eigenvalue weighted by Crippen LogP contribution is 2.26. The molecule has 0 aliphatic rings. The van der Waals surface area contributed by atoms with Crippen molar-refractivity contribution in [1.29, 1.82) is 0 Å². The molecule has 1 aromatic heterocycles. The molecule has 1 aromatic carbocycles. The molecule has 1 unspecified atom stereocenters. The second-order valence-corrected chi connectivity index (χ2v) is 8.85. The highest BCUT2D eigenvalue weighted by atomic mass is 32.2. The third kappa shape index (κ3) is 5.58. The number of aromatic nitrogens is 2. The fraction of sp³-hybridized carbons (Fsp3) is 0.438. The summed E-state index contributed by atoms with van der Waals surface area (Å²) in [6, 6.07) is 9.06. The smallest absolute Gasteiger partial charge is 0.270 e. The predicted octanol–water partition coefficient (Wildman–Crippen LogP) is 2.95. The summed E-state index contributed by atoms with van der Waals surface area (Å²) in [7, 11) is -3.83. The number of anilines is 1. The van der Waals surface area contributed by atoms with Gasteiger partial charge in [0.1, 0.15) is 0 Å². The lowest BCUT2D eigenvalue weighted by Gasteiger charge is -2.20. The van der Waals surface area contributed by atoms with Gasteiger partial charge in [-0.3, -0.25) is 4.79 Å². The van der Waals surface area contributed by atoms with Crippen LogP contribution in [-0.4, -0.2) is 24.5 Å². The van der Waals surface area contributed by atoms with Gasteiger partial charge in [-0.2, -0.15) is 0 Å². The summed E-state index contributed by atoms with van der Waals surface area (Å²) in [5, 5.41) is 10.1. The molecule has 1 amide bonds. The van der Waals surface area contributed by atoms with E-state index in [1.54, 1.807) is 6.92 Å². The molecule has 0 fully saturated rings. The number of hydrogen-bond donors (Lipinski definition) is 2. The molecule has 25 heavy (non-hydrogen) atoms. The predicted molar refractivity (Wildman–Crippen MR) is 97.8 cm³/mol. The summed E-state index contributed by atoms with van der Waals surface area (Å²) in [6.07, 6.45) is 0.936. The second-order valence-electron chi connectivity index (χ2n) is 5.99. The topological polar surface area (TPSA) is 101 Å². The molecule has 0 saturated carbocycles. The van der Waals surface area contributed by atoms with E-state index in [9.17, 15) is 13.2 Å². The van der Waals surface area contributed by atoms with Gasteiger partial charge >= 0.3 is 0 Å². The van der Waals surface area contributed by atoms with Gasteiger partial charge in [-0.25, -0.2) is 13.1 Å². The van der Waals surface area contributed by atoms with Crippen molar-refractivity contribution in [3.63, 3.8) is 0 Å². The normalized spacial score (nSPS) is 13.0. The Hall–Kier alpha value is -1.84. The van der Waals surface area contributed by atoms with Gasteiger partial charge in [-0.15, -0.1) is 10.2 Å². The average Bonchev–Trinajstić information content (AvgIpc) is 3.03. The van der Waals surface area contributed by atoms with Crippen LogP contribution in [0.4, 0.5) is 5.13 Å². The zero-order chi connectivity index (χ0) is 18.4. The third-order valence-electron chi connectivity index (χ3n) is 3.41. The van der Waals surface area contributed by atoms with Crippen LogP contribution in [0.1, 0.15) is 45.2 Å². The van der Waals surface area contributed by atoms with Crippen LogP contribution in [0.5, 0.6) is 0 Å². The van der Waals surface area contributed by atoms with Crippen molar-refractivity contribution >= 4 is 32.4 Å². The maximum absolute atomic E-state index is 12.7. The van der Waals surface area contributed by atoms with E-state index in [-0.39, 0.29) is 27.8 Å². The fourth-order valence-electron chi connectivity index (χ4n) is 2.22. The van der Waals surface area contributed by atoms with E-state index in [2.05, 4.69) is 20.2 Å². The molecule has 136 valence electrons. The molecule has 9 heteroatoms. The van der Waals surface area contributed by atoms with Crippen LogP contribution in [0.3, 0.4) is 0 Å². The lowest BCUT2D eigenvalue weighted by molar-refractivity contribution is -0.115. The summed E-state index contributed by atoms with van der Waals surface area (Å²) in [4.78, 5) is 11.4. The number of nitrogens with one attached hydrogen (secondary N) is 2. The number of benzene rings is 1. The first-order chi connectivity index (χ1) is 11.8. The van der Waals surface area contributed by atoms with Crippen LogP contribution in [-0.2, 0) is 14.8 Å². The monoisotopic (exact) mass is 382 g/mol. The Morgan fingerprint density at radius 3 is 2.48 bits per heavy atom. The maximum Gasteiger partial charge on any atom is 0.270 e. The van der Waals surface area contributed by atoms with Crippen molar-refractivity contribution in [2.75, 3.05) is 5.32 Å².